The Bertz CT molecular complexity index is 1140. The van der Waals surface area contributed by atoms with E-state index in [-0.39, 0.29) is 22.4 Å². The summed E-state index contributed by atoms with van der Waals surface area (Å²) in [4.78, 5) is 28.1. The van der Waals surface area contributed by atoms with Gasteiger partial charge in [-0.25, -0.2) is 0 Å². The predicted octanol–water partition coefficient (Wildman–Crippen LogP) is 1.79. The molecule has 0 amide bonds. The highest BCUT2D eigenvalue weighted by molar-refractivity contribution is 7.12. The van der Waals surface area contributed by atoms with Crippen LogP contribution in [0.15, 0.2) is 21.7 Å². The number of methoxy groups -OCH3 is 1. The van der Waals surface area contributed by atoms with Gasteiger partial charge in [-0.1, -0.05) is 0 Å². The summed E-state index contributed by atoms with van der Waals surface area (Å²) in [6, 6.07) is 4.20. The van der Waals surface area contributed by atoms with Gasteiger partial charge in [0.1, 0.15) is 10.2 Å². The van der Waals surface area contributed by atoms with Crippen LogP contribution in [0.3, 0.4) is 0 Å². The number of hydrogen-bond donors (Lipinski definition) is 2. The van der Waals surface area contributed by atoms with E-state index in [1.807, 2.05) is 12.1 Å². The van der Waals surface area contributed by atoms with Crippen molar-refractivity contribution in [3.8, 4) is 5.75 Å². The van der Waals surface area contributed by atoms with E-state index in [1.165, 1.54) is 11.5 Å². The first-order chi connectivity index (χ1) is 12.6. The monoisotopic (exact) mass is 372 g/mol. The van der Waals surface area contributed by atoms with Crippen molar-refractivity contribution in [3.05, 3.63) is 32.7 Å². The van der Waals surface area contributed by atoms with Crippen molar-refractivity contribution in [2.24, 2.45) is 5.73 Å². The van der Waals surface area contributed by atoms with Crippen molar-refractivity contribution in [2.75, 3.05) is 25.1 Å². The third-order valence-corrected chi connectivity index (χ3v) is 6.29. The van der Waals surface area contributed by atoms with Crippen LogP contribution in [-0.2, 0) is 0 Å². The lowest BCUT2D eigenvalue weighted by atomic mass is 10.1. The van der Waals surface area contributed by atoms with E-state index in [1.54, 1.807) is 7.11 Å². The van der Waals surface area contributed by atoms with E-state index in [0.29, 0.717) is 22.0 Å². The van der Waals surface area contributed by atoms with Gasteiger partial charge in [0, 0.05) is 25.2 Å². The summed E-state index contributed by atoms with van der Waals surface area (Å²) in [5, 5.41) is 0.796. The lowest BCUT2D eigenvalue weighted by Crippen LogP contribution is -2.27. The Hall–Kier alpha value is -2.32. The molecule has 0 spiro atoms. The Morgan fingerprint density at radius 1 is 1.27 bits per heavy atom. The van der Waals surface area contributed by atoms with Gasteiger partial charge >= 0.3 is 0 Å². The molecule has 8 heteroatoms. The van der Waals surface area contributed by atoms with Gasteiger partial charge < -0.3 is 19.9 Å². The van der Waals surface area contributed by atoms with E-state index >= 15 is 0 Å². The molecule has 1 atom stereocenters. The second-order valence-electron chi connectivity index (χ2n) is 7.15. The maximum atomic E-state index is 13.0. The van der Waals surface area contributed by atoms with E-state index in [2.05, 4.69) is 13.8 Å². The Kier molecular flexibility index (Phi) is 3.42. The predicted molar refractivity (Wildman–Crippen MR) is 104 cm³/mol. The molecule has 26 heavy (non-hydrogen) atoms. The van der Waals surface area contributed by atoms with Crippen molar-refractivity contribution in [1.82, 2.24) is 8.94 Å². The van der Waals surface area contributed by atoms with Gasteiger partial charge in [-0.2, -0.15) is 0 Å². The van der Waals surface area contributed by atoms with Gasteiger partial charge in [0.05, 0.1) is 23.7 Å². The molecule has 1 aromatic carbocycles. The number of aromatic amines is 1. The minimum absolute atomic E-state index is 0.151. The van der Waals surface area contributed by atoms with Crippen molar-refractivity contribution in [2.45, 2.75) is 31.3 Å². The van der Waals surface area contributed by atoms with E-state index in [0.717, 1.165) is 43.6 Å². The van der Waals surface area contributed by atoms with Crippen LogP contribution >= 0.6 is 11.5 Å². The summed E-state index contributed by atoms with van der Waals surface area (Å²) in [6.45, 7) is 1.64. The number of aromatic nitrogens is 2. The van der Waals surface area contributed by atoms with Gasteiger partial charge in [-0.05, 0) is 42.9 Å². The van der Waals surface area contributed by atoms with Crippen LogP contribution in [-0.4, -0.2) is 35.2 Å². The highest BCUT2D eigenvalue weighted by Crippen LogP contribution is 2.44. The summed E-state index contributed by atoms with van der Waals surface area (Å²) in [7, 11) is 1.64. The topological polar surface area (TPSA) is 93.3 Å². The quantitative estimate of drug-likeness (QED) is 0.731. The molecule has 0 bridgehead atoms. The van der Waals surface area contributed by atoms with Gasteiger partial charge in [0.15, 0.2) is 5.75 Å². The van der Waals surface area contributed by atoms with Crippen LogP contribution in [0, 0.1) is 0 Å². The van der Waals surface area contributed by atoms with Crippen LogP contribution in [0.25, 0.3) is 21.1 Å². The summed E-state index contributed by atoms with van der Waals surface area (Å²) in [6.07, 6.45) is 3.03. The Balaban J connectivity index is 1.90. The maximum Gasteiger partial charge on any atom is 0.271 e. The van der Waals surface area contributed by atoms with Crippen molar-refractivity contribution in [1.29, 1.82) is 0 Å². The van der Waals surface area contributed by atoms with Gasteiger partial charge in [0.25, 0.3) is 5.56 Å². The molecule has 136 valence electrons. The van der Waals surface area contributed by atoms with Crippen molar-refractivity contribution < 1.29 is 4.74 Å². The average molecular weight is 372 g/mol. The molecule has 1 aliphatic carbocycles. The molecule has 1 aliphatic heterocycles. The van der Waals surface area contributed by atoms with E-state index in [9.17, 15) is 9.59 Å². The smallest absolute Gasteiger partial charge is 0.271 e. The second kappa shape index (κ2) is 5.59. The number of nitrogens with zero attached hydrogens (tertiary/aromatic N) is 2. The minimum atomic E-state index is -0.306. The molecule has 0 radical (unpaired) electrons. The summed E-state index contributed by atoms with van der Waals surface area (Å²) >= 11 is 1.23. The molecule has 3 heterocycles. The normalized spacial score (nSPS) is 20.4. The lowest BCUT2D eigenvalue weighted by molar-refractivity contribution is 0.417. The van der Waals surface area contributed by atoms with Crippen molar-refractivity contribution >= 4 is 38.3 Å². The number of pyridine rings is 1. The molecule has 0 unspecified atom stereocenters. The van der Waals surface area contributed by atoms with Crippen LogP contribution in [0.2, 0.25) is 0 Å². The fourth-order valence-corrected chi connectivity index (χ4v) is 4.94. The van der Waals surface area contributed by atoms with Crippen LogP contribution in [0.1, 0.15) is 25.3 Å². The molecular formula is C18H20N4O3S. The van der Waals surface area contributed by atoms with Gasteiger partial charge in [-0.15, -0.1) is 0 Å². The third-order valence-electron chi connectivity index (χ3n) is 5.40. The summed E-state index contributed by atoms with van der Waals surface area (Å²) in [5.74, 6) is 0.698. The van der Waals surface area contributed by atoms with E-state index < -0.39 is 0 Å². The van der Waals surface area contributed by atoms with Crippen molar-refractivity contribution in [3.63, 3.8) is 0 Å². The molecule has 2 aliphatic rings. The fourth-order valence-electron chi connectivity index (χ4n) is 4.02. The fraction of sp³-hybridized carbons (Fsp3) is 0.444. The van der Waals surface area contributed by atoms with Crippen LogP contribution < -0.4 is 26.4 Å². The Morgan fingerprint density at radius 2 is 2.08 bits per heavy atom. The standard InChI is InChI=1S/C18H20N4O3S/c1-25-16-12(21-7-6-9(19)8-21)5-4-11-14(16)22(10-2-3-10)18-13(15(11)23)17(24)20-26-18/h4-5,9-10H,2-3,6-8,19H2,1H3,(H,20,24)/t9-/m1/s1. The zero-order valence-corrected chi connectivity index (χ0v) is 15.3. The number of nitrogens with two attached hydrogens (primary N) is 1. The first kappa shape index (κ1) is 15.9. The van der Waals surface area contributed by atoms with Crippen LogP contribution in [0.4, 0.5) is 5.69 Å². The highest BCUT2D eigenvalue weighted by Gasteiger charge is 2.32. The van der Waals surface area contributed by atoms with Crippen LogP contribution in [0.5, 0.6) is 5.75 Å². The number of hydrogen-bond acceptors (Lipinski definition) is 6. The SMILES string of the molecule is COc1c(N2CC[C@@H](N)C2)ccc2c(=O)c3c(=O)[nH]sc3n(C3CC3)c12. The number of anilines is 1. The molecule has 5 rings (SSSR count). The van der Waals surface area contributed by atoms with Gasteiger partial charge in [-0.3, -0.25) is 14.0 Å². The molecule has 3 N–H and O–H groups in total. The largest absolute Gasteiger partial charge is 0.492 e. The van der Waals surface area contributed by atoms with E-state index in [4.69, 9.17) is 10.5 Å². The van der Waals surface area contributed by atoms with Gasteiger partial charge in [0.2, 0.25) is 5.43 Å². The second-order valence-corrected chi connectivity index (χ2v) is 7.95. The Labute approximate surface area is 153 Å². The average Bonchev–Trinajstić information content (AvgIpc) is 3.26. The zero-order chi connectivity index (χ0) is 18.0. The Morgan fingerprint density at radius 3 is 2.73 bits per heavy atom. The highest BCUT2D eigenvalue weighted by atomic mass is 32.1. The molecule has 2 fully saturated rings. The number of nitrogens with one attached hydrogen (secondary N) is 1. The number of H-pyrrole nitrogens is 1. The molecule has 7 nitrogen and oxygen atoms in total. The molecule has 3 aromatic rings. The number of rotatable bonds is 3. The molecule has 1 saturated heterocycles. The maximum absolute atomic E-state index is 13.0. The first-order valence-corrected chi connectivity index (χ1v) is 9.68. The number of benzene rings is 1. The summed E-state index contributed by atoms with van der Waals surface area (Å²) in [5.41, 5.74) is 7.31. The first-order valence-electron chi connectivity index (χ1n) is 8.87. The molecular weight excluding hydrogens is 352 g/mol. The molecule has 1 saturated carbocycles. The number of fused-ring (bicyclic) bond motifs is 2. The molecule has 2 aromatic heterocycles. The minimum Gasteiger partial charge on any atom is -0.492 e. The zero-order valence-electron chi connectivity index (χ0n) is 14.4. The summed E-state index contributed by atoms with van der Waals surface area (Å²) < 4.78 is 10.7. The lowest BCUT2D eigenvalue weighted by Gasteiger charge is -2.23. The third kappa shape index (κ3) is 2.15. The number of ether oxygens (including phenoxy) is 1.